The molecule has 2 rings (SSSR count). The molecule has 88 valence electrons. The molecule has 1 amide bonds. The molecule has 0 saturated carbocycles. The number of aromatic nitrogens is 1. The fourth-order valence-electron chi connectivity index (χ4n) is 1.75. The fraction of sp³-hybridized carbons (Fsp3) is 0.600. The number of carbonyl (C=O) groups excluding carboxylic acids is 1. The molecule has 1 aromatic rings. The maximum Gasteiger partial charge on any atom is 0.245 e. The Labute approximate surface area is 98.7 Å². The van der Waals surface area contributed by atoms with Crippen molar-refractivity contribution in [3.8, 4) is 0 Å². The van der Waals surface area contributed by atoms with E-state index in [1.54, 1.807) is 17.5 Å². The number of hydrogen-bond donors (Lipinski definition) is 2. The van der Waals surface area contributed by atoms with E-state index in [9.17, 15) is 4.79 Å². The van der Waals surface area contributed by atoms with Crippen LogP contribution in [0.25, 0.3) is 0 Å². The minimum atomic E-state index is -0.540. The predicted octanol–water partition coefficient (Wildman–Crippen LogP) is 0.317. The first kappa shape index (κ1) is 11.3. The number of nitrogens with zero attached hydrogens (tertiary/aromatic N) is 2. The van der Waals surface area contributed by atoms with Crippen molar-refractivity contribution < 1.29 is 4.79 Å². The van der Waals surface area contributed by atoms with Gasteiger partial charge in [0, 0.05) is 30.7 Å². The van der Waals surface area contributed by atoms with Crippen LogP contribution in [0.3, 0.4) is 0 Å². The van der Waals surface area contributed by atoms with Crippen molar-refractivity contribution >= 4 is 22.4 Å². The smallest absolute Gasteiger partial charge is 0.245 e. The summed E-state index contributed by atoms with van der Waals surface area (Å²) >= 11 is 1.55. The molecule has 0 unspecified atom stereocenters. The minimum Gasteiger partial charge on any atom is -0.352 e. The lowest BCUT2D eigenvalue weighted by Gasteiger charge is -2.41. The average molecular weight is 240 g/mol. The van der Waals surface area contributed by atoms with Crippen molar-refractivity contribution in [1.29, 1.82) is 0 Å². The summed E-state index contributed by atoms with van der Waals surface area (Å²) < 4.78 is 0. The molecule has 3 N–H and O–H groups in total. The summed E-state index contributed by atoms with van der Waals surface area (Å²) in [6.45, 7) is 5.77. The summed E-state index contributed by atoms with van der Waals surface area (Å²) in [5, 5.41) is 3.74. The van der Waals surface area contributed by atoms with Crippen LogP contribution in [-0.4, -0.2) is 29.5 Å². The Hall–Kier alpha value is -1.14. The quantitative estimate of drug-likeness (QED) is 0.781. The zero-order valence-electron chi connectivity index (χ0n) is 9.49. The van der Waals surface area contributed by atoms with Crippen LogP contribution in [0.4, 0.5) is 5.13 Å². The van der Waals surface area contributed by atoms with Crippen LogP contribution in [0.1, 0.15) is 18.7 Å². The number of anilines is 1. The van der Waals surface area contributed by atoms with Gasteiger partial charge < -0.3 is 16.0 Å². The first-order chi connectivity index (χ1) is 7.55. The fourth-order valence-corrected chi connectivity index (χ4v) is 2.71. The van der Waals surface area contributed by atoms with Crippen LogP contribution in [0.2, 0.25) is 0 Å². The lowest BCUT2D eigenvalue weighted by molar-refractivity contribution is -0.126. The first-order valence-corrected chi connectivity index (χ1v) is 6.08. The number of nitrogens with one attached hydrogen (secondary N) is 1. The highest BCUT2D eigenvalue weighted by molar-refractivity contribution is 7.15. The number of rotatable bonds is 2. The first-order valence-electron chi connectivity index (χ1n) is 5.26. The van der Waals surface area contributed by atoms with E-state index in [0.29, 0.717) is 13.1 Å². The van der Waals surface area contributed by atoms with E-state index in [0.717, 1.165) is 16.6 Å². The minimum absolute atomic E-state index is 0.0447. The number of thiazole rings is 1. The van der Waals surface area contributed by atoms with E-state index < -0.39 is 5.54 Å². The van der Waals surface area contributed by atoms with Gasteiger partial charge in [-0.05, 0) is 13.8 Å². The van der Waals surface area contributed by atoms with Crippen molar-refractivity contribution in [3.63, 3.8) is 0 Å². The zero-order chi connectivity index (χ0) is 11.8. The monoisotopic (exact) mass is 240 g/mol. The second-order valence-corrected chi connectivity index (χ2v) is 5.37. The highest BCUT2D eigenvalue weighted by Gasteiger charge is 2.38. The maximum atomic E-state index is 11.8. The van der Waals surface area contributed by atoms with Crippen molar-refractivity contribution in [3.05, 3.63) is 11.1 Å². The molecule has 0 bridgehead atoms. The van der Waals surface area contributed by atoms with E-state index in [-0.39, 0.29) is 5.91 Å². The number of hydrogen-bond acceptors (Lipinski definition) is 5. The van der Waals surface area contributed by atoms with Crippen LogP contribution in [0.15, 0.2) is 6.20 Å². The molecule has 0 atom stereocenters. The molecule has 16 heavy (non-hydrogen) atoms. The molecule has 1 fully saturated rings. The Bertz CT molecular complexity index is 401. The van der Waals surface area contributed by atoms with Gasteiger partial charge in [-0.1, -0.05) is 0 Å². The molecule has 2 heterocycles. The van der Waals surface area contributed by atoms with Gasteiger partial charge >= 0.3 is 0 Å². The molecule has 1 aliphatic heterocycles. The van der Waals surface area contributed by atoms with Gasteiger partial charge in [-0.25, -0.2) is 4.98 Å². The normalized spacial score (nSPS) is 19.7. The molecule has 5 nitrogen and oxygen atoms in total. The number of piperazine rings is 1. The lowest BCUT2D eigenvalue weighted by atomic mass is 10.00. The van der Waals surface area contributed by atoms with Gasteiger partial charge in [0.15, 0.2) is 5.13 Å². The van der Waals surface area contributed by atoms with Gasteiger partial charge in [0.05, 0.1) is 0 Å². The van der Waals surface area contributed by atoms with Gasteiger partial charge in [0.1, 0.15) is 5.54 Å². The van der Waals surface area contributed by atoms with E-state index in [1.807, 2.05) is 18.7 Å². The molecule has 0 spiro atoms. The zero-order valence-corrected chi connectivity index (χ0v) is 10.3. The Balaban J connectivity index is 2.28. The largest absolute Gasteiger partial charge is 0.352 e. The van der Waals surface area contributed by atoms with Crippen LogP contribution in [-0.2, 0) is 11.3 Å². The second kappa shape index (κ2) is 4.03. The van der Waals surface area contributed by atoms with Crippen molar-refractivity contribution in [1.82, 2.24) is 10.3 Å². The molecule has 0 aromatic carbocycles. The predicted molar refractivity (Wildman–Crippen MR) is 64.4 cm³/mol. The van der Waals surface area contributed by atoms with Gasteiger partial charge in [0.25, 0.3) is 0 Å². The molecule has 0 radical (unpaired) electrons. The van der Waals surface area contributed by atoms with Gasteiger partial charge in [-0.3, -0.25) is 4.79 Å². The number of amides is 1. The number of nitrogens with two attached hydrogens (primary N) is 1. The topological polar surface area (TPSA) is 71.2 Å². The van der Waals surface area contributed by atoms with E-state index >= 15 is 0 Å². The Morgan fingerprint density at radius 1 is 1.69 bits per heavy atom. The Morgan fingerprint density at radius 2 is 2.44 bits per heavy atom. The Kier molecular flexibility index (Phi) is 2.86. The van der Waals surface area contributed by atoms with Crippen LogP contribution in [0, 0.1) is 0 Å². The maximum absolute atomic E-state index is 11.8. The SMILES string of the molecule is CC1(C)C(=O)NCCN1c1ncc(CN)s1. The van der Waals surface area contributed by atoms with Crippen LogP contribution < -0.4 is 16.0 Å². The summed E-state index contributed by atoms with van der Waals surface area (Å²) in [7, 11) is 0. The van der Waals surface area contributed by atoms with Crippen molar-refractivity contribution in [2.45, 2.75) is 25.9 Å². The standard InChI is InChI=1S/C10H16N4OS/c1-10(2)8(15)12-3-4-14(10)9-13-6-7(5-11)16-9/h6H,3-5,11H2,1-2H3,(H,12,15). The third-order valence-electron chi connectivity index (χ3n) is 2.82. The van der Waals surface area contributed by atoms with Gasteiger partial charge in [-0.2, -0.15) is 0 Å². The van der Waals surface area contributed by atoms with Crippen molar-refractivity contribution in [2.24, 2.45) is 5.73 Å². The molecule has 0 aliphatic carbocycles. The molecule has 1 saturated heterocycles. The van der Waals surface area contributed by atoms with Gasteiger partial charge in [-0.15, -0.1) is 11.3 Å². The van der Waals surface area contributed by atoms with Crippen LogP contribution >= 0.6 is 11.3 Å². The summed E-state index contributed by atoms with van der Waals surface area (Å²) in [6.07, 6.45) is 1.78. The van der Waals surface area contributed by atoms with Crippen molar-refractivity contribution in [2.75, 3.05) is 18.0 Å². The highest BCUT2D eigenvalue weighted by atomic mass is 32.1. The lowest BCUT2D eigenvalue weighted by Crippen LogP contribution is -2.62. The van der Waals surface area contributed by atoms with Gasteiger partial charge in [0.2, 0.25) is 5.91 Å². The summed E-state index contributed by atoms with van der Waals surface area (Å²) in [4.78, 5) is 19.2. The molecule has 6 heteroatoms. The highest BCUT2D eigenvalue weighted by Crippen LogP contribution is 2.29. The van der Waals surface area contributed by atoms with Crippen LogP contribution in [0.5, 0.6) is 0 Å². The third kappa shape index (κ3) is 1.78. The second-order valence-electron chi connectivity index (χ2n) is 4.28. The van der Waals surface area contributed by atoms with E-state index in [1.165, 1.54) is 0 Å². The average Bonchev–Trinajstić information content (AvgIpc) is 2.70. The number of carbonyl (C=O) groups is 1. The summed E-state index contributed by atoms with van der Waals surface area (Å²) in [6, 6.07) is 0. The van der Waals surface area contributed by atoms with E-state index in [2.05, 4.69) is 10.3 Å². The third-order valence-corrected chi connectivity index (χ3v) is 3.87. The molecular weight excluding hydrogens is 224 g/mol. The molecular formula is C10H16N4OS. The van der Waals surface area contributed by atoms with E-state index in [4.69, 9.17) is 5.73 Å². The Morgan fingerprint density at radius 3 is 3.06 bits per heavy atom. The molecule has 1 aromatic heterocycles. The summed E-state index contributed by atoms with van der Waals surface area (Å²) in [5.74, 6) is 0.0447. The summed E-state index contributed by atoms with van der Waals surface area (Å²) in [5.41, 5.74) is 5.02. The molecule has 1 aliphatic rings.